The van der Waals surface area contributed by atoms with Crippen molar-refractivity contribution in [2.45, 2.75) is 66.6 Å². The van der Waals surface area contributed by atoms with E-state index < -0.39 is 0 Å². The highest BCUT2D eigenvalue weighted by Crippen LogP contribution is 2.14. The standard InChI is InChI=1S/C8H18O2.C3H6O/c1-7(2,3)9-10-8(4,5)6;1-3(2)4/h1-6H3;1-2H3. The van der Waals surface area contributed by atoms with Crippen molar-refractivity contribution in [1.29, 1.82) is 0 Å². The fourth-order valence-electron chi connectivity index (χ4n) is 0.250. The fourth-order valence-corrected chi connectivity index (χ4v) is 0.250. The molecule has 0 aromatic heterocycles. The Morgan fingerprint density at radius 3 is 1.00 bits per heavy atom. The number of carbonyl (C=O) groups excluding carboxylic acids is 1. The Morgan fingerprint density at radius 2 is 0.929 bits per heavy atom. The zero-order chi connectivity index (χ0) is 12.0. The third-order valence-corrected chi connectivity index (χ3v) is 0.542. The van der Waals surface area contributed by atoms with Crippen molar-refractivity contribution >= 4 is 5.78 Å². The highest BCUT2D eigenvalue weighted by Gasteiger charge is 2.18. The van der Waals surface area contributed by atoms with Crippen molar-refractivity contribution in [2.75, 3.05) is 0 Å². The number of Topliss-reactive ketones (excluding diaryl/α,β-unsaturated/α-hetero) is 1. The third-order valence-electron chi connectivity index (χ3n) is 0.542. The molecule has 0 saturated heterocycles. The molecule has 0 unspecified atom stereocenters. The smallest absolute Gasteiger partial charge is 0.126 e. The average molecular weight is 204 g/mol. The Hall–Kier alpha value is -0.410. The molecule has 0 amide bonds. The summed E-state index contributed by atoms with van der Waals surface area (Å²) in [6.45, 7) is 14.8. The Balaban J connectivity index is 0. The Bertz CT molecular complexity index is 142. The lowest BCUT2D eigenvalue weighted by molar-refractivity contribution is -0.393. The van der Waals surface area contributed by atoms with Crippen LogP contribution in [0.2, 0.25) is 0 Å². The van der Waals surface area contributed by atoms with Gasteiger partial charge in [0.05, 0.1) is 11.2 Å². The first-order chi connectivity index (χ1) is 5.94. The molecule has 0 aliphatic heterocycles. The second kappa shape index (κ2) is 6.14. The molecule has 0 heterocycles. The first-order valence-electron chi connectivity index (χ1n) is 4.78. The zero-order valence-electron chi connectivity index (χ0n) is 10.7. The van der Waals surface area contributed by atoms with Crippen LogP contribution in [0, 0.1) is 0 Å². The molecule has 0 aromatic carbocycles. The van der Waals surface area contributed by atoms with Crippen LogP contribution in [0.1, 0.15) is 55.4 Å². The maximum Gasteiger partial charge on any atom is 0.126 e. The van der Waals surface area contributed by atoms with Crippen molar-refractivity contribution in [1.82, 2.24) is 0 Å². The SMILES string of the molecule is CC(C)(C)OOC(C)(C)C.CC(C)=O. The summed E-state index contributed by atoms with van der Waals surface area (Å²) in [5.74, 6) is 0.167. The molecule has 0 fully saturated rings. The highest BCUT2D eigenvalue weighted by molar-refractivity contribution is 5.72. The van der Waals surface area contributed by atoms with E-state index in [1.165, 1.54) is 13.8 Å². The largest absolute Gasteiger partial charge is 0.300 e. The minimum absolute atomic E-state index is 0.167. The van der Waals surface area contributed by atoms with E-state index in [2.05, 4.69) is 0 Å². The summed E-state index contributed by atoms with van der Waals surface area (Å²) in [6.07, 6.45) is 0. The normalized spacial score (nSPS) is 11.7. The molecule has 14 heavy (non-hydrogen) atoms. The summed E-state index contributed by atoms with van der Waals surface area (Å²) >= 11 is 0. The molecular weight excluding hydrogens is 180 g/mol. The molecule has 0 atom stereocenters. The molecular formula is C11H24O3. The molecule has 0 aliphatic rings. The van der Waals surface area contributed by atoms with Gasteiger partial charge < -0.3 is 4.79 Å². The van der Waals surface area contributed by atoms with Gasteiger partial charge in [-0.05, 0) is 55.4 Å². The lowest BCUT2D eigenvalue weighted by Crippen LogP contribution is -2.27. The van der Waals surface area contributed by atoms with E-state index in [9.17, 15) is 4.79 Å². The molecule has 0 N–H and O–H groups in total. The highest BCUT2D eigenvalue weighted by atomic mass is 17.2. The van der Waals surface area contributed by atoms with Gasteiger partial charge >= 0.3 is 0 Å². The van der Waals surface area contributed by atoms with Crippen LogP contribution in [0.3, 0.4) is 0 Å². The number of ketones is 1. The second-order valence-corrected chi connectivity index (χ2v) is 5.30. The second-order valence-electron chi connectivity index (χ2n) is 5.30. The number of carbonyl (C=O) groups is 1. The maximum atomic E-state index is 9.44. The average Bonchev–Trinajstić information content (AvgIpc) is 1.79. The summed E-state index contributed by atoms with van der Waals surface area (Å²) in [5, 5.41) is 0. The van der Waals surface area contributed by atoms with E-state index in [4.69, 9.17) is 9.78 Å². The van der Waals surface area contributed by atoms with Gasteiger partial charge in [0.1, 0.15) is 5.78 Å². The van der Waals surface area contributed by atoms with Gasteiger partial charge in [0.15, 0.2) is 0 Å². The fraction of sp³-hybridized carbons (Fsp3) is 0.909. The molecule has 0 aliphatic carbocycles. The van der Waals surface area contributed by atoms with Crippen LogP contribution in [-0.2, 0) is 14.6 Å². The first kappa shape index (κ1) is 16.0. The minimum atomic E-state index is -0.215. The van der Waals surface area contributed by atoms with Crippen LogP contribution in [0.25, 0.3) is 0 Å². The Labute approximate surface area is 87.7 Å². The van der Waals surface area contributed by atoms with Gasteiger partial charge in [-0.2, -0.15) is 0 Å². The van der Waals surface area contributed by atoms with Crippen molar-refractivity contribution in [3.05, 3.63) is 0 Å². The number of hydrogen-bond acceptors (Lipinski definition) is 3. The molecule has 0 saturated carbocycles. The summed E-state index contributed by atoms with van der Waals surface area (Å²) in [6, 6.07) is 0. The van der Waals surface area contributed by atoms with Gasteiger partial charge in [0.25, 0.3) is 0 Å². The van der Waals surface area contributed by atoms with E-state index in [0.717, 1.165) is 0 Å². The van der Waals surface area contributed by atoms with Crippen LogP contribution in [0.4, 0.5) is 0 Å². The van der Waals surface area contributed by atoms with Crippen molar-refractivity contribution in [2.24, 2.45) is 0 Å². The summed E-state index contributed by atoms with van der Waals surface area (Å²) in [5.41, 5.74) is -0.430. The van der Waals surface area contributed by atoms with Gasteiger partial charge in [-0.15, -0.1) is 0 Å². The number of rotatable bonds is 1. The van der Waals surface area contributed by atoms with E-state index >= 15 is 0 Å². The molecule has 3 nitrogen and oxygen atoms in total. The Morgan fingerprint density at radius 1 is 0.786 bits per heavy atom. The van der Waals surface area contributed by atoms with Gasteiger partial charge in [0, 0.05) is 0 Å². The summed E-state index contributed by atoms with van der Waals surface area (Å²) < 4.78 is 0. The van der Waals surface area contributed by atoms with Crippen molar-refractivity contribution in [3.63, 3.8) is 0 Å². The Kier molecular flexibility index (Phi) is 7.04. The first-order valence-corrected chi connectivity index (χ1v) is 4.78. The van der Waals surface area contributed by atoms with E-state index in [1.807, 2.05) is 41.5 Å². The van der Waals surface area contributed by atoms with Crippen molar-refractivity contribution in [3.8, 4) is 0 Å². The van der Waals surface area contributed by atoms with Crippen LogP contribution in [-0.4, -0.2) is 17.0 Å². The topological polar surface area (TPSA) is 35.5 Å². The molecule has 3 heteroatoms. The molecule has 0 spiro atoms. The van der Waals surface area contributed by atoms with Gasteiger partial charge in [-0.1, -0.05) is 0 Å². The quantitative estimate of drug-likeness (QED) is 0.486. The maximum absolute atomic E-state index is 9.44. The zero-order valence-corrected chi connectivity index (χ0v) is 10.7. The summed E-state index contributed by atoms with van der Waals surface area (Å²) in [7, 11) is 0. The predicted molar refractivity (Wildman–Crippen MR) is 58.0 cm³/mol. The summed E-state index contributed by atoms with van der Waals surface area (Å²) in [4.78, 5) is 19.6. The molecule has 0 rings (SSSR count). The van der Waals surface area contributed by atoms with Gasteiger partial charge in [0.2, 0.25) is 0 Å². The monoisotopic (exact) mass is 204 g/mol. The molecule has 86 valence electrons. The lowest BCUT2D eigenvalue weighted by Gasteiger charge is -2.24. The third kappa shape index (κ3) is 29.9. The van der Waals surface area contributed by atoms with E-state index in [-0.39, 0.29) is 17.0 Å². The van der Waals surface area contributed by atoms with Gasteiger partial charge in [-0.25, -0.2) is 9.78 Å². The predicted octanol–water partition coefficient (Wildman–Crippen LogP) is 3.13. The molecule has 0 aromatic rings. The van der Waals surface area contributed by atoms with E-state index in [1.54, 1.807) is 0 Å². The molecule has 0 bridgehead atoms. The lowest BCUT2D eigenvalue weighted by atomic mass is 10.2. The van der Waals surface area contributed by atoms with E-state index in [0.29, 0.717) is 0 Å². The minimum Gasteiger partial charge on any atom is -0.300 e. The van der Waals surface area contributed by atoms with Gasteiger partial charge in [-0.3, -0.25) is 0 Å². The van der Waals surface area contributed by atoms with Crippen molar-refractivity contribution < 1.29 is 14.6 Å². The van der Waals surface area contributed by atoms with Crippen LogP contribution < -0.4 is 0 Å². The molecule has 0 radical (unpaired) electrons. The number of hydrogen-bond donors (Lipinski definition) is 0. The van der Waals surface area contributed by atoms with Crippen LogP contribution >= 0.6 is 0 Å². The van der Waals surface area contributed by atoms with Crippen LogP contribution in [0.5, 0.6) is 0 Å². The van der Waals surface area contributed by atoms with Crippen LogP contribution in [0.15, 0.2) is 0 Å².